The Morgan fingerprint density at radius 1 is 0.967 bits per heavy atom. The number of aromatic nitrogens is 2. The highest BCUT2D eigenvalue weighted by Gasteiger charge is 2.30. The van der Waals surface area contributed by atoms with E-state index >= 15 is 0 Å². The SMILES string of the molecule is O=C(C[C@H]1NC(=O)c2ccccc21)N[C@@H](c1ccccc1)c1nc2ccccc2[nH]1. The van der Waals surface area contributed by atoms with Gasteiger partial charge in [0.15, 0.2) is 0 Å². The Morgan fingerprint density at radius 3 is 2.53 bits per heavy atom. The first-order valence-electron chi connectivity index (χ1n) is 9.88. The van der Waals surface area contributed by atoms with Crippen LogP contribution in [0.1, 0.15) is 45.8 Å². The van der Waals surface area contributed by atoms with Gasteiger partial charge in [-0.15, -0.1) is 0 Å². The van der Waals surface area contributed by atoms with Crippen LogP contribution in [0.2, 0.25) is 0 Å². The molecular formula is C24H20N4O2. The van der Waals surface area contributed by atoms with E-state index in [0.29, 0.717) is 11.4 Å². The van der Waals surface area contributed by atoms with Gasteiger partial charge >= 0.3 is 0 Å². The molecule has 148 valence electrons. The van der Waals surface area contributed by atoms with Gasteiger partial charge in [-0.05, 0) is 29.3 Å². The largest absolute Gasteiger partial charge is 0.345 e. The predicted molar refractivity (Wildman–Crippen MR) is 114 cm³/mol. The minimum absolute atomic E-state index is 0.139. The summed E-state index contributed by atoms with van der Waals surface area (Å²) in [5.74, 6) is 0.373. The third-order valence-electron chi connectivity index (χ3n) is 5.40. The van der Waals surface area contributed by atoms with E-state index in [2.05, 4.69) is 20.6 Å². The second kappa shape index (κ2) is 7.48. The molecule has 0 fully saturated rings. The van der Waals surface area contributed by atoms with Crippen molar-refractivity contribution < 1.29 is 9.59 Å². The van der Waals surface area contributed by atoms with Gasteiger partial charge in [0.25, 0.3) is 5.91 Å². The van der Waals surface area contributed by atoms with E-state index in [1.165, 1.54) is 0 Å². The molecule has 0 unspecified atom stereocenters. The molecule has 0 radical (unpaired) electrons. The molecule has 3 aromatic carbocycles. The van der Waals surface area contributed by atoms with Gasteiger partial charge in [-0.1, -0.05) is 60.7 Å². The second-order valence-electron chi connectivity index (χ2n) is 7.37. The van der Waals surface area contributed by atoms with Crippen molar-refractivity contribution in [1.82, 2.24) is 20.6 Å². The van der Waals surface area contributed by atoms with E-state index in [9.17, 15) is 9.59 Å². The molecule has 0 bridgehead atoms. The Labute approximate surface area is 173 Å². The lowest BCUT2D eigenvalue weighted by Crippen LogP contribution is -2.33. The molecule has 1 aliphatic rings. The highest BCUT2D eigenvalue weighted by molar-refractivity contribution is 5.99. The maximum absolute atomic E-state index is 13.0. The number of hydrogen-bond acceptors (Lipinski definition) is 3. The first kappa shape index (κ1) is 18.1. The number of imidazole rings is 1. The number of H-pyrrole nitrogens is 1. The van der Waals surface area contributed by atoms with Crippen LogP contribution >= 0.6 is 0 Å². The lowest BCUT2D eigenvalue weighted by Gasteiger charge is -2.19. The van der Waals surface area contributed by atoms with E-state index in [0.717, 1.165) is 22.2 Å². The van der Waals surface area contributed by atoms with Crippen LogP contribution in [-0.4, -0.2) is 21.8 Å². The molecule has 2 atom stereocenters. The number of amides is 2. The van der Waals surface area contributed by atoms with E-state index in [4.69, 9.17) is 0 Å². The Bertz CT molecular complexity index is 1200. The van der Waals surface area contributed by atoms with Crippen molar-refractivity contribution in [3.63, 3.8) is 0 Å². The molecule has 30 heavy (non-hydrogen) atoms. The summed E-state index contributed by atoms with van der Waals surface area (Å²) >= 11 is 0. The number of carbonyl (C=O) groups is 2. The van der Waals surface area contributed by atoms with Crippen LogP contribution in [0.3, 0.4) is 0 Å². The molecule has 1 aromatic heterocycles. The molecule has 2 heterocycles. The number of nitrogens with one attached hydrogen (secondary N) is 3. The van der Waals surface area contributed by atoms with E-state index in [-0.39, 0.29) is 24.3 Å². The molecule has 1 aliphatic heterocycles. The van der Waals surface area contributed by atoms with Crippen LogP contribution in [0, 0.1) is 0 Å². The van der Waals surface area contributed by atoms with Gasteiger partial charge in [0.1, 0.15) is 11.9 Å². The van der Waals surface area contributed by atoms with E-state index < -0.39 is 6.04 Å². The maximum atomic E-state index is 13.0. The quantitative estimate of drug-likeness (QED) is 0.481. The molecule has 0 spiro atoms. The summed E-state index contributed by atoms with van der Waals surface area (Å²) in [6.45, 7) is 0. The summed E-state index contributed by atoms with van der Waals surface area (Å²) in [5.41, 5.74) is 4.19. The average Bonchev–Trinajstić information content (AvgIpc) is 3.34. The van der Waals surface area contributed by atoms with Gasteiger partial charge in [0.2, 0.25) is 5.91 Å². The van der Waals surface area contributed by atoms with E-state index in [1.54, 1.807) is 6.07 Å². The van der Waals surface area contributed by atoms with Crippen LogP contribution in [0.5, 0.6) is 0 Å². The van der Waals surface area contributed by atoms with E-state index in [1.807, 2.05) is 72.8 Å². The fourth-order valence-corrected chi connectivity index (χ4v) is 3.95. The molecule has 4 aromatic rings. The fourth-order valence-electron chi connectivity index (χ4n) is 3.95. The van der Waals surface area contributed by atoms with Crippen molar-refractivity contribution >= 4 is 22.8 Å². The Morgan fingerprint density at radius 2 is 1.70 bits per heavy atom. The van der Waals surface area contributed by atoms with Crippen molar-refractivity contribution in [2.75, 3.05) is 0 Å². The highest BCUT2D eigenvalue weighted by atomic mass is 16.2. The van der Waals surface area contributed by atoms with Gasteiger partial charge in [0.05, 0.1) is 23.5 Å². The van der Waals surface area contributed by atoms with Gasteiger partial charge in [-0.25, -0.2) is 4.98 Å². The van der Waals surface area contributed by atoms with Crippen LogP contribution in [0.25, 0.3) is 11.0 Å². The molecule has 6 nitrogen and oxygen atoms in total. The summed E-state index contributed by atoms with van der Waals surface area (Å²) in [4.78, 5) is 33.2. The first-order chi connectivity index (χ1) is 14.7. The third kappa shape index (κ3) is 3.33. The van der Waals surface area contributed by atoms with Crippen LogP contribution in [0.4, 0.5) is 0 Å². The molecule has 0 saturated carbocycles. The number of fused-ring (bicyclic) bond motifs is 2. The van der Waals surface area contributed by atoms with Crippen molar-refractivity contribution in [2.45, 2.75) is 18.5 Å². The molecule has 6 heteroatoms. The predicted octanol–water partition coefficient (Wildman–Crippen LogP) is 3.64. The molecule has 2 amide bonds. The molecule has 0 aliphatic carbocycles. The number of carbonyl (C=O) groups excluding carboxylic acids is 2. The number of hydrogen-bond donors (Lipinski definition) is 3. The molecule has 5 rings (SSSR count). The topological polar surface area (TPSA) is 86.9 Å². The summed E-state index contributed by atoms with van der Waals surface area (Å²) in [6, 6.07) is 24.1. The number of benzene rings is 3. The zero-order valence-corrected chi connectivity index (χ0v) is 16.1. The Balaban J connectivity index is 1.42. The minimum atomic E-state index is -0.418. The summed E-state index contributed by atoms with van der Waals surface area (Å²) in [5, 5.41) is 6.00. The lowest BCUT2D eigenvalue weighted by molar-refractivity contribution is -0.122. The monoisotopic (exact) mass is 396 g/mol. The van der Waals surface area contributed by atoms with Crippen LogP contribution in [0.15, 0.2) is 78.9 Å². The van der Waals surface area contributed by atoms with Crippen molar-refractivity contribution in [3.8, 4) is 0 Å². The van der Waals surface area contributed by atoms with Gasteiger partial charge < -0.3 is 15.6 Å². The van der Waals surface area contributed by atoms with Gasteiger partial charge in [-0.3, -0.25) is 9.59 Å². The first-order valence-corrected chi connectivity index (χ1v) is 9.88. The number of nitrogens with zero attached hydrogens (tertiary/aromatic N) is 1. The highest BCUT2D eigenvalue weighted by Crippen LogP contribution is 2.28. The molecular weight excluding hydrogens is 376 g/mol. The molecule has 3 N–H and O–H groups in total. The third-order valence-corrected chi connectivity index (χ3v) is 5.40. The number of aromatic amines is 1. The Kier molecular flexibility index (Phi) is 4.52. The normalized spacial score (nSPS) is 16.1. The lowest BCUT2D eigenvalue weighted by atomic mass is 10.0. The summed E-state index contributed by atoms with van der Waals surface area (Å²) < 4.78 is 0. The zero-order chi connectivity index (χ0) is 20.5. The maximum Gasteiger partial charge on any atom is 0.252 e. The van der Waals surface area contributed by atoms with Crippen molar-refractivity contribution in [1.29, 1.82) is 0 Å². The van der Waals surface area contributed by atoms with Crippen LogP contribution in [-0.2, 0) is 4.79 Å². The van der Waals surface area contributed by atoms with Gasteiger partial charge in [-0.2, -0.15) is 0 Å². The number of para-hydroxylation sites is 2. The summed E-state index contributed by atoms with van der Waals surface area (Å²) in [7, 11) is 0. The van der Waals surface area contributed by atoms with Crippen molar-refractivity contribution in [2.24, 2.45) is 0 Å². The Hall–Kier alpha value is -3.93. The second-order valence-corrected chi connectivity index (χ2v) is 7.37. The average molecular weight is 396 g/mol. The van der Waals surface area contributed by atoms with Crippen molar-refractivity contribution in [3.05, 3.63) is 101 Å². The smallest absolute Gasteiger partial charge is 0.252 e. The minimum Gasteiger partial charge on any atom is -0.345 e. The van der Waals surface area contributed by atoms with Gasteiger partial charge in [0, 0.05) is 5.56 Å². The van der Waals surface area contributed by atoms with Crippen LogP contribution < -0.4 is 10.6 Å². The number of rotatable bonds is 5. The fraction of sp³-hybridized carbons (Fsp3) is 0.125. The summed E-state index contributed by atoms with van der Waals surface area (Å²) in [6.07, 6.45) is 0.159. The zero-order valence-electron chi connectivity index (χ0n) is 16.1. The molecule has 0 saturated heterocycles. The standard InChI is InChI=1S/C24H20N4O2/c29-21(14-20-16-10-4-5-11-17(16)24(30)27-20)28-22(15-8-2-1-3-9-15)23-25-18-12-6-7-13-19(18)26-23/h1-13,20,22H,14H2,(H,25,26)(H,27,30)(H,28,29)/t20-,22+/m1/s1.